The van der Waals surface area contributed by atoms with Crippen LogP contribution in [0.4, 0.5) is 10.5 Å². The van der Waals surface area contributed by atoms with Crippen molar-refractivity contribution < 1.29 is 14.3 Å². The van der Waals surface area contributed by atoms with Gasteiger partial charge in [-0.2, -0.15) is 0 Å². The van der Waals surface area contributed by atoms with E-state index in [0.717, 1.165) is 16.6 Å². The number of hydrogen-bond acceptors (Lipinski definition) is 3. The first-order valence-corrected chi connectivity index (χ1v) is 9.11. The average Bonchev–Trinajstić information content (AvgIpc) is 3.11. The average molecular weight is 395 g/mol. The molecule has 3 rings (SSSR count). The van der Waals surface area contributed by atoms with Crippen molar-refractivity contribution in [2.24, 2.45) is 5.92 Å². The minimum atomic E-state index is -0.513. The number of fused-ring (bicyclic) bond motifs is 1. The van der Waals surface area contributed by atoms with Crippen molar-refractivity contribution in [3.63, 3.8) is 0 Å². The smallest absolute Gasteiger partial charge is 0.410 e. The van der Waals surface area contributed by atoms with Gasteiger partial charge in [0.2, 0.25) is 5.91 Å². The molecule has 1 fully saturated rings. The van der Waals surface area contributed by atoms with Crippen molar-refractivity contribution in [1.29, 1.82) is 0 Å². The van der Waals surface area contributed by atoms with Gasteiger partial charge in [-0.25, -0.2) is 4.79 Å². The fourth-order valence-electron chi connectivity index (χ4n) is 3.27. The van der Waals surface area contributed by atoms with E-state index in [1.54, 1.807) is 4.90 Å². The molecule has 1 aromatic carbocycles. The Labute approximate surface area is 151 Å². The summed E-state index contributed by atoms with van der Waals surface area (Å²) in [5.74, 6) is -0.0331. The molecule has 2 heterocycles. The van der Waals surface area contributed by atoms with Crippen LogP contribution in [0.15, 0.2) is 22.7 Å². The van der Waals surface area contributed by atoms with Gasteiger partial charge in [-0.1, -0.05) is 15.9 Å². The number of anilines is 1. The second kappa shape index (κ2) is 6.39. The zero-order valence-corrected chi connectivity index (χ0v) is 15.9. The van der Waals surface area contributed by atoms with Crippen LogP contribution < -0.4 is 4.90 Å². The number of halogens is 1. The number of likely N-dealkylation sites (tertiary alicyclic amines) is 1. The first-order chi connectivity index (χ1) is 11.2. The van der Waals surface area contributed by atoms with Crippen molar-refractivity contribution in [2.45, 2.75) is 39.2 Å². The molecule has 2 aliphatic rings. The molecule has 1 atom stereocenters. The molecular formula is C18H23BrN2O3. The number of nitrogens with zero attached hydrogens (tertiary/aromatic N) is 2. The summed E-state index contributed by atoms with van der Waals surface area (Å²) >= 11 is 3.47. The highest BCUT2D eigenvalue weighted by Crippen LogP contribution is 2.33. The number of ether oxygens (including phenoxy) is 1. The summed E-state index contributed by atoms with van der Waals surface area (Å²) in [6.45, 7) is 7.28. The molecule has 24 heavy (non-hydrogen) atoms. The molecule has 0 aromatic heterocycles. The first kappa shape index (κ1) is 17.3. The Morgan fingerprint density at radius 3 is 2.71 bits per heavy atom. The van der Waals surface area contributed by atoms with Gasteiger partial charge in [0.05, 0.1) is 5.92 Å². The Bertz CT molecular complexity index is 669. The van der Waals surface area contributed by atoms with E-state index >= 15 is 0 Å². The summed E-state index contributed by atoms with van der Waals surface area (Å²) in [7, 11) is 0. The van der Waals surface area contributed by atoms with Gasteiger partial charge in [0.25, 0.3) is 0 Å². The summed E-state index contributed by atoms with van der Waals surface area (Å²) in [6, 6.07) is 6.03. The third kappa shape index (κ3) is 3.58. The Hall–Kier alpha value is -1.56. The Kier molecular flexibility index (Phi) is 4.60. The molecule has 0 spiro atoms. The third-order valence-corrected chi connectivity index (χ3v) is 4.89. The van der Waals surface area contributed by atoms with E-state index in [4.69, 9.17) is 4.74 Å². The van der Waals surface area contributed by atoms with Crippen LogP contribution in [0.25, 0.3) is 0 Å². The summed E-state index contributed by atoms with van der Waals surface area (Å²) < 4.78 is 6.44. The molecule has 0 bridgehead atoms. The Balaban J connectivity index is 1.65. The van der Waals surface area contributed by atoms with Crippen molar-refractivity contribution in [2.75, 3.05) is 24.5 Å². The number of amides is 2. The molecule has 0 saturated carbocycles. The van der Waals surface area contributed by atoms with Gasteiger partial charge in [-0.15, -0.1) is 0 Å². The van der Waals surface area contributed by atoms with Gasteiger partial charge in [-0.3, -0.25) is 4.79 Å². The van der Waals surface area contributed by atoms with E-state index in [1.807, 2.05) is 37.8 Å². The maximum absolute atomic E-state index is 12.9. The summed E-state index contributed by atoms with van der Waals surface area (Å²) in [6.07, 6.45) is 1.24. The van der Waals surface area contributed by atoms with Gasteiger partial charge in [0.15, 0.2) is 0 Å². The Morgan fingerprint density at radius 2 is 2.00 bits per heavy atom. The van der Waals surface area contributed by atoms with Crippen LogP contribution in [0.1, 0.15) is 32.8 Å². The number of hydrogen-bond donors (Lipinski definition) is 0. The van der Waals surface area contributed by atoms with Crippen LogP contribution in [0.2, 0.25) is 0 Å². The third-order valence-electron chi connectivity index (χ3n) is 4.39. The monoisotopic (exact) mass is 394 g/mol. The van der Waals surface area contributed by atoms with Crippen LogP contribution in [0.3, 0.4) is 0 Å². The number of benzene rings is 1. The van der Waals surface area contributed by atoms with Crippen LogP contribution in [0, 0.1) is 5.92 Å². The highest BCUT2D eigenvalue weighted by Gasteiger charge is 2.37. The van der Waals surface area contributed by atoms with E-state index in [-0.39, 0.29) is 17.9 Å². The molecule has 6 heteroatoms. The molecular weight excluding hydrogens is 372 g/mol. The molecule has 2 aliphatic heterocycles. The second-order valence-electron chi connectivity index (χ2n) is 7.42. The lowest BCUT2D eigenvalue weighted by Crippen LogP contribution is -2.39. The number of carbonyl (C=O) groups is 2. The predicted octanol–water partition coefficient (Wildman–Crippen LogP) is 3.60. The fourth-order valence-corrected chi connectivity index (χ4v) is 3.68. The number of carbonyl (C=O) groups excluding carboxylic acids is 2. The lowest BCUT2D eigenvalue weighted by Gasteiger charge is -2.25. The van der Waals surface area contributed by atoms with Crippen LogP contribution in [-0.2, 0) is 16.0 Å². The molecule has 0 radical (unpaired) electrons. The minimum absolute atomic E-state index is 0.113. The van der Waals surface area contributed by atoms with Crippen molar-refractivity contribution in [3.05, 3.63) is 28.2 Å². The second-order valence-corrected chi connectivity index (χ2v) is 8.34. The van der Waals surface area contributed by atoms with E-state index in [0.29, 0.717) is 26.1 Å². The van der Waals surface area contributed by atoms with Gasteiger partial charge in [-0.05, 0) is 57.4 Å². The van der Waals surface area contributed by atoms with Crippen molar-refractivity contribution in [1.82, 2.24) is 4.90 Å². The highest BCUT2D eigenvalue weighted by atomic mass is 79.9. The Morgan fingerprint density at radius 1 is 1.25 bits per heavy atom. The highest BCUT2D eigenvalue weighted by molar-refractivity contribution is 9.10. The normalized spacial score (nSPS) is 20.2. The van der Waals surface area contributed by atoms with Crippen LogP contribution in [-0.4, -0.2) is 42.1 Å². The first-order valence-electron chi connectivity index (χ1n) is 8.32. The summed E-state index contributed by atoms with van der Waals surface area (Å²) in [4.78, 5) is 28.6. The van der Waals surface area contributed by atoms with Crippen molar-refractivity contribution >= 4 is 33.6 Å². The van der Waals surface area contributed by atoms with Gasteiger partial charge >= 0.3 is 6.09 Å². The zero-order valence-electron chi connectivity index (χ0n) is 14.3. The van der Waals surface area contributed by atoms with E-state index < -0.39 is 5.60 Å². The van der Waals surface area contributed by atoms with Gasteiger partial charge < -0.3 is 14.5 Å². The summed E-state index contributed by atoms with van der Waals surface area (Å²) in [5, 5.41) is 0. The molecule has 1 aromatic rings. The quantitative estimate of drug-likeness (QED) is 0.730. The van der Waals surface area contributed by atoms with E-state index in [9.17, 15) is 9.59 Å². The molecule has 1 unspecified atom stereocenters. The molecule has 1 saturated heterocycles. The maximum Gasteiger partial charge on any atom is 0.410 e. The lowest BCUT2D eigenvalue weighted by atomic mass is 10.1. The molecule has 0 N–H and O–H groups in total. The van der Waals surface area contributed by atoms with E-state index in [2.05, 4.69) is 22.0 Å². The zero-order chi connectivity index (χ0) is 17.5. The maximum atomic E-state index is 12.9. The van der Waals surface area contributed by atoms with Crippen LogP contribution >= 0.6 is 15.9 Å². The largest absolute Gasteiger partial charge is 0.444 e. The lowest BCUT2D eigenvalue weighted by molar-refractivity contribution is -0.121. The van der Waals surface area contributed by atoms with Gasteiger partial charge in [0.1, 0.15) is 5.60 Å². The number of rotatable bonds is 1. The van der Waals surface area contributed by atoms with Crippen LogP contribution in [0.5, 0.6) is 0 Å². The van der Waals surface area contributed by atoms with Crippen molar-refractivity contribution in [3.8, 4) is 0 Å². The summed E-state index contributed by atoms with van der Waals surface area (Å²) in [5.41, 5.74) is 1.68. The molecule has 5 nitrogen and oxygen atoms in total. The van der Waals surface area contributed by atoms with Gasteiger partial charge in [0, 0.05) is 29.8 Å². The molecule has 0 aliphatic carbocycles. The van der Waals surface area contributed by atoms with E-state index in [1.165, 1.54) is 5.56 Å². The predicted molar refractivity (Wildman–Crippen MR) is 96.1 cm³/mol. The fraction of sp³-hybridized carbons (Fsp3) is 0.556. The SMILES string of the molecule is CC(C)(C)OC(=O)N1CCC(C(=O)N2CCc3cc(Br)ccc32)C1. The standard InChI is InChI=1S/C18H23BrN2O3/c1-18(2,3)24-17(23)20-8-6-13(11-20)16(22)21-9-7-12-10-14(19)4-5-15(12)21/h4-5,10,13H,6-9,11H2,1-3H3. The molecule has 2 amide bonds. The topological polar surface area (TPSA) is 49.9 Å². The minimum Gasteiger partial charge on any atom is -0.444 e. The molecule has 130 valence electrons.